The first-order valence-electron chi connectivity index (χ1n) is 12.8. The molecule has 0 radical (unpaired) electrons. The standard InChI is InChI=1S/C29H31Cl2N3O6/c30-21-9-12-24(25(31)15-21)26-29(16-19-5-2-1-3-6-19,28(38)34-33-22(17-36)18-37)32-27(40-26)20-7-10-23(11-8-20)39-14-4-13-35/h1-3,5-12,15,22,26,33,35-37H,4,13-14,16-18H2,(H,34,38)/t26-,29-/m0/s1. The fraction of sp³-hybridized carbons (Fsp3) is 0.310. The van der Waals surface area contributed by atoms with Crippen molar-refractivity contribution < 1.29 is 29.6 Å². The van der Waals surface area contributed by atoms with Gasteiger partial charge in [-0.3, -0.25) is 10.2 Å². The number of carbonyl (C=O) groups is 1. The molecule has 0 fully saturated rings. The number of hydrogen-bond donors (Lipinski definition) is 5. The Kier molecular flexibility index (Phi) is 10.4. The molecule has 0 aliphatic carbocycles. The average Bonchev–Trinajstić information content (AvgIpc) is 3.34. The van der Waals surface area contributed by atoms with E-state index in [1.807, 2.05) is 30.3 Å². The van der Waals surface area contributed by atoms with Gasteiger partial charge in [0.15, 0.2) is 11.6 Å². The molecular weight excluding hydrogens is 557 g/mol. The van der Waals surface area contributed by atoms with Gasteiger partial charge < -0.3 is 24.8 Å². The quantitative estimate of drug-likeness (QED) is 0.153. The second-order valence-electron chi connectivity index (χ2n) is 9.28. The lowest BCUT2D eigenvalue weighted by atomic mass is 9.82. The fourth-order valence-electron chi connectivity index (χ4n) is 4.31. The van der Waals surface area contributed by atoms with Crippen LogP contribution in [0.4, 0.5) is 0 Å². The molecule has 0 saturated carbocycles. The van der Waals surface area contributed by atoms with Gasteiger partial charge in [-0.15, -0.1) is 0 Å². The zero-order chi connectivity index (χ0) is 28.5. The predicted octanol–water partition coefficient (Wildman–Crippen LogP) is 3.23. The zero-order valence-electron chi connectivity index (χ0n) is 21.6. The van der Waals surface area contributed by atoms with Crippen molar-refractivity contribution in [2.24, 2.45) is 4.99 Å². The lowest BCUT2D eigenvalue weighted by molar-refractivity contribution is -0.130. The Hall–Kier alpha value is -3.18. The summed E-state index contributed by atoms with van der Waals surface area (Å²) in [5, 5.41) is 28.7. The van der Waals surface area contributed by atoms with Crippen molar-refractivity contribution in [1.82, 2.24) is 10.9 Å². The highest BCUT2D eigenvalue weighted by molar-refractivity contribution is 6.35. The van der Waals surface area contributed by atoms with E-state index in [-0.39, 0.29) is 18.9 Å². The number of hydrazine groups is 1. The molecule has 0 spiro atoms. The number of aliphatic imine (C=N–C) groups is 1. The maximum Gasteiger partial charge on any atom is 0.266 e. The third-order valence-corrected chi connectivity index (χ3v) is 6.98. The molecule has 5 N–H and O–H groups in total. The molecule has 2 atom stereocenters. The first kappa shape index (κ1) is 29.8. The van der Waals surface area contributed by atoms with E-state index in [9.17, 15) is 15.0 Å². The van der Waals surface area contributed by atoms with Crippen molar-refractivity contribution in [2.75, 3.05) is 26.4 Å². The highest BCUT2D eigenvalue weighted by Crippen LogP contribution is 2.45. The lowest BCUT2D eigenvalue weighted by Crippen LogP contribution is -2.57. The molecule has 1 amide bonds. The van der Waals surface area contributed by atoms with Crippen LogP contribution in [0.2, 0.25) is 10.0 Å². The Balaban J connectivity index is 1.78. The van der Waals surface area contributed by atoms with Crippen molar-refractivity contribution >= 4 is 35.0 Å². The molecule has 4 rings (SSSR count). The number of aliphatic hydroxyl groups excluding tert-OH is 3. The normalized spacial score (nSPS) is 18.4. The van der Waals surface area contributed by atoms with E-state index in [1.54, 1.807) is 42.5 Å². The number of nitrogens with zero attached hydrogens (tertiary/aromatic N) is 1. The van der Waals surface area contributed by atoms with Crippen molar-refractivity contribution in [1.29, 1.82) is 0 Å². The van der Waals surface area contributed by atoms with Gasteiger partial charge in [-0.25, -0.2) is 10.4 Å². The molecule has 0 bridgehead atoms. The van der Waals surface area contributed by atoms with Gasteiger partial charge in [0, 0.05) is 40.6 Å². The zero-order valence-corrected chi connectivity index (χ0v) is 23.1. The highest BCUT2D eigenvalue weighted by atomic mass is 35.5. The Labute approximate surface area is 242 Å². The lowest BCUT2D eigenvalue weighted by Gasteiger charge is -2.31. The number of halogens is 2. The van der Waals surface area contributed by atoms with Gasteiger partial charge in [-0.2, -0.15) is 0 Å². The van der Waals surface area contributed by atoms with Crippen LogP contribution in [0.25, 0.3) is 0 Å². The maximum atomic E-state index is 14.0. The fourth-order valence-corrected chi connectivity index (χ4v) is 4.81. The predicted molar refractivity (Wildman–Crippen MR) is 153 cm³/mol. The number of ether oxygens (including phenoxy) is 2. The van der Waals surface area contributed by atoms with E-state index >= 15 is 0 Å². The van der Waals surface area contributed by atoms with Crippen LogP contribution in [-0.2, 0) is 16.0 Å². The monoisotopic (exact) mass is 587 g/mol. The smallest absolute Gasteiger partial charge is 0.266 e. The molecule has 40 heavy (non-hydrogen) atoms. The summed E-state index contributed by atoms with van der Waals surface area (Å²) in [5.74, 6) is 0.299. The summed E-state index contributed by atoms with van der Waals surface area (Å²) in [6, 6.07) is 20.6. The summed E-state index contributed by atoms with van der Waals surface area (Å²) in [6.45, 7) is -0.380. The molecule has 0 unspecified atom stereocenters. The minimum absolute atomic E-state index is 0.0369. The van der Waals surface area contributed by atoms with Gasteiger partial charge in [0.05, 0.1) is 25.9 Å². The summed E-state index contributed by atoms with van der Waals surface area (Å²) >= 11 is 12.8. The van der Waals surface area contributed by atoms with Crippen LogP contribution in [0.1, 0.15) is 29.2 Å². The second-order valence-corrected chi connectivity index (χ2v) is 10.1. The molecule has 1 heterocycles. The van der Waals surface area contributed by atoms with Crippen LogP contribution >= 0.6 is 23.2 Å². The van der Waals surface area contributed by atoms with E-state index < -0.39 is 36.8 Å². The second kappa shape index (κ2) is 13.9. The Morgan fingerprint density at radius 1 is 1.02 bits per heavy atom. The van der Waals surface area contributed by atoms with Gasteiger partial charge in [-0.05, 0) is 42.0 Å². The maximum absolute atomic E-state index is 14.0. The summed E-state index contributed by atoms with van der Waals surface area (Å²) in [4.78, 5) is 18.9. The molecular formula is C29H31Cl2N3O6. The number of carbonyl (C=O) groups excluding carboxylic acids is 1. The van der Waals surface area contributed by atoms with Crippen molar-refractivity contribution in [3.05, 3.63) is 99.5 Å². The number of nitrogens with one attached hydrogen (secondary N) is 2. The Morgan fingerprint density at radius 3 is 2.40 bits per heavy atom. The minimum atomic E-state index is -1.53. The molecule has 0 saturated heterocycles. The molecule has 1 aliphatic rings. The summed E-state index contributed by atoms with van der Waals surface area (Å²) in [6.07, 6.45) is -0.282. The molecule has 1 aliphatic heterocycles. The first-order chi connectivity index (χ1) is 19.4. The van der Waals surface area contributed by atoms with Crippen molar-refractivity contribution in [2.45, 2.75) is 30.5 Å². The summed E-state index contributed by atoms with van der Waals surface area (Å²) in [5.41, 5.74) is 5.72. The van der Waals surface area contributed by atoms with Gasteiger partial charge in [0.2, 0.25) is 5.90 Å². The van der Waals surface area contributed by atoms with Crippen LogP contribution in [-0.4, -0.2) is 65.1 Å². The molecule has 9 nitrogen and oxygen atoms in total. The summed E-state index contributed by atoms with van der Waals surface area (Å²) in [7, 11) is 0. The van der Waals surface area contributed by atoms with Crippen molar-refractivity contribution in [3.63, 3.8) is 0 Å². The van der Waals surface area contributed by atoms with Crippen LogP contribution in [0, 0.1) is 0 Å². The van der Waals surface area contributed by atoms with Crippen LogP contribution in [0.3, 0.4) is 0 Å². The SMILES string of the molecule is O=C(NNC(CO)CO)[C@@]1(Cc2ccccc2)N=C(c2ccc(OCCCO)cc2)O[C@H]1c1ccc(Cl)cc1Cl. The largest absolute Gasteiger partial charge is 0.494 e. The molecule has 3 aromatic carbocycles. The van der Waals surface area contributed by atoms with Gasteiger partial charge >= 0.3 is 0 Å². The highest BCUT2D eigenvalue weighted by Gasteiger charge is 2.54. The molecule has 3 aromatic rings. The Morgan fingerprint density at radius 2 is 1.75 bits per heavy atom. The number of amides is 1. The third-order valence-electron chi connectivity index (χ3n) is 6.42. The van der Waals surface area contributed by atoms with Crippen LogP contribution in [0.15, 0.2) is 77.8 Å². The van der Waals surface area contributed by atoms with Gasteiger partial charge in [0.25, 0.3) is 5.91 Å². The van der Waals surface area contributed by atoms with E-state index in [1.165, 1.54) is 0 Å². The topological polar surface area (TPSA) is 133 Å². The minimum Gasteiger partial charge on any atom is -0.494 e. The third kappa shape index (κ3) is 6.93. The van der Waals surface area contributed by atoms with Gasteiger partial charge in [0.1, 0.15) is 5.75 Å². The Bertz CT molecular complexity index is 1300. The summed E-state index contributed by atoms with van der Waals surface area (Å²) < 4.78 is 12.1. The number of rotatable bonds is 13. The van der Waals surface area contributed by atoms with E-state index in [4.69, 9.17) is 42.8 Å². The number of aliphatic hydroxyl groups is 3. The van der Waals surface area contributed by atoms with E-state index in [2.05, 4.69) is 10.9 Å². The van der Waals surface area contributed by atoms with E-state index in [0.717, 1.165) is 5.56 Å². The average molecular weight is 588 g/mol. The molecule has 212 valence electrons. The van der Waals surface area contributed by atoms with E-state index in [0.29, 0.717) is 39.9 Å². The number of benzene rings is 3. The molecule has 11 heteroatoms. The van der Waals surface area contributed by atoms with Crippen LogP contribution in [0.5, 0.6) is 5.75 Å². The van der Waals surface area contributed by atoms with Crippen LogP contribution < -0.4 is 15.6 Å². The number of hydrogen-bond acceptors (Lipinski definition) is 8. The van der Waals surface area contributed by atoms with Gasteiger partial charge in [-0.1, -0.05) is 59.6 Å². The first-order valence-corrected chi connectivity index (χ1v) is 13.5. The van der Waals surface area contributed by atoms with Crippen molar-refractivity contribution in [3.8, 4) is 5.75 Å². The molecule has 0 aromatic heterocycles.